The van der Waals surface area contributed by atoms with Gasteiger partial charge in [-0.3, -0.25) is 5.23 Å². The molecule has 3 rings (SSSR count). The predicted molar refractivity (Wildman–Crippen MR) is 42.5 cm³/mol. The van der Waals surface area contributed by atoms with Gasteiger partial charge in [0.05, 0.1) is 30.1 Å². The van der Waals surface area contributed by atoms with E-state index in [2.05, 4.69) is 9.78 Å². The van der Waals surface area contributed by atoms with Crippen molar-refractivity contribution in [3.05, 3.63) is 15.6 Å². The van der Waals surface area contributed by atoms with Crippen molar-refractivity contribution in [2.24, 2.45) is 5.92 Å². The molecule has 2 saturated heterocycles. The first-order valence-corrected chi connectivity index (χ1v) is 4.30. The Morgan fingerprint density at radius 2 is 1.93 bits per heavy atom. The summed E-state index contributed by atoms with van der Waals surface area (Å²) in [6.45, 7) is -0.212. The highest BCUT2D eigenvalue weighted by molar-refractivity contribution is 5.61. The Balaban J connectivity index is 1.99. The number of carbonyl (C=O) groups excluding carboxylic acids is 1. The number of nitrogens with zero attached hydrogens (tertiary/aromatic N) is 3. The number of fused-ring (bicyclic) bond motifs is 1. The second-order valence-electron chi connectivity index (χ2n) is 3.72. The van der Waals surface area contributed by atoms with Crippen LogP contribution in [0.4, 0.5) is 0 Å². The molecular weight excluding hydrogens is 210 g/mol. The molecule has 0 aromatic heterocycles. The molecular formula is C6H6N3O6-3. The molecule has 0 amide bonds. The lowest BCUT2D eigenvalue weighted by Crippen LogP contribution is -2.51. The molecule has 1 spiro atoms. The predicted octanol–water partition coefficient (Wildman–Crippen LogP) is -1.50. The van der Waals surface area contributed by atoms with Crippen LogP contribution in [0.1, 0.15) is 0 Å². The summed E-state index contributed by atoms with van der Waals surface area (Å²) in [5.41, 5.74) is -1.39. The molecule has 15 heavy (non-hydrogen) atoms. The smallest absolute Gasteiger partial charge is 0.127 e. The minimum Gasteiger partial charge on any atom is -0.762 e. The molecule has 1 aliphatic carbocycles. The third-order valence-electron chi connectivity index (χ3n) is 3.20. The fourth-order valence-electron chi connectivity index (χ4n) is 2.43. The van der Waals surface area contributed by atoms with Crippen molar-refractivity contribution in [1.82, 2.24) is 15.7 Å². The van der Waals surface area contributed by atoms with E-state index in [0.717, 1.165) is 0 Å². The highest BCUT2D eigenvalue weighted by Gasteiger charge is 2.77. The second-order valence-corrected chi connectivity index (χ2v) is 3.72. The Labute approximate surface area is 83.3 Å². The molecule has 3 fully saturated rings. The first-order chi connectivity index (χ1) is 7.14. The molecule has 0 aromatic rings. The quantitative estimate of drug-likeness (QED) is 0.482. The zero-order valence-electron chi connectivity index (χ0n) is 7.31. The van der Waals surface area contributed by atoms with E-state index in [9.17, 15) is 20.4 Å². The monoisotopic (exact) mass is 216 g/mol. The molecule has 4 unspecified atom stereocenters. The van der Waals surface area contributed by atoms with Crippen LogP contribution in [0, 0.1) is 21.5 Å². The summed E-state index contributed by atoms with van der Waals surface area (Å²) in [6.07, 6.45) is 0.507. The molecule has 2 heterocycles. The van der Waals surface area contributed by atoms with E-state index >= 15 is 0 Å². The van der Waals surface area contributed by atoms with Gasteiger partial charge in [-0.15, -0.1) is 0 Å². The minimum atomic E-state index is -1.39. The van der Waals surface area contributed by atoms with E-state index < -0.39 is 23.5 Å². The van der Waals surface area contributed by atoms with E-state index in [1.165, 1.54) is 0 Å². The molecule has 3 aliphatic rings. The summed E-state index contributed by atoms with van der Waals surface area (Å²) in [7, 11) is 0. The summed E-state index contributed by atoms with van der Waals surface area (Å²) in [5.74, 6) is -0.825. The van der Waals surface area contributed by atoms with Gasteiger partial charge >= 0.3 is 0 Å². The van der Waals surface area contributed by atoms with Crippen molar-refractivity contribution < 1.29 is 14.6 Å². The van der Waals surface area contributed by atoms with Gasteiger partial charge in [-0.1, -0.05) is 0 Å². The molecule has 2 aliphatic heterocycles. The van der Waals surface area contributed by atoms with Gasteiger partial charge in [-0.2, -0.15) is 0 Å². The third-order valence-corrected chi connectivity index (χ3v) is 3.20. The summed E-state index contributed by atoms with van der Waals surface area (Å²) < 4.78 is 0. The van der Waals surface area contributed by atoms with Crippen molar-refractivity contribution >= 4 is 6.29 Å². The Bertz CT molecular complexity index is 303. The van der Waals surface area contributed by atoms with Crippen LogP contribution in [0.25, 0.3) is 0 Å². The van der Waals surface area contributed by atoms with Crippen molar-refractivity contribution in [2.75, 3.05) is 6.61 Å². The van der Waals surface area contributed by atoms with Crippen molar-refractivity contribution in [2.45, 2.75) is 17.6 Å². The van der Waals surface area contributed by atoms with Crippen molar-refractivity contribution in [1.29, 1.82) is 0 Å². The van der Waals surface area contributed by atoms with Gasteiger partial charge in [0, 0.05) is 0 Å². The maximum Gasteiger partial charge on any atom is 0.127 e. The number of hydrogen-bond donors (Lipinski definition) is 0. The standard InChI is InChI=1S/C6H6N3O6/c10-1-3-2-14-7(11)4-5-6(3,4)9(13)15-8(5)12/h1,3-5H,2H2/q-3. The zero-order chi connectivity index (χ0) is 10.8. The Morgan fingerprint density at radius 3 is 2.60 bits per heavy atom. The first kappa shape index (κ1) is 9.57. The van der Waals surface area contributed by atoms with Gasteiger partial charge in [-0.05, 0) is 0 Å². The molecule has 9 nitrogen and oxygen atoms in total. The zero-order valence-corrected chi connectivity index (χ0v) is 7.31. The highest BCUT2D eigenvalue weighted by Crippen LogP contribution is 2.59. The van der Waals surface area contributed by atoms with Gasteiger partial charge in [0.2, 0.25) is 0 Å². The largest absolute Gasteiger partial charge is 0.762 e. The van der Waals surface area contributed by atoms with Crippen LogP contribution in [-0.4, -0.2) is 46.2 Å². The van der Waals surface area contributed by atoms with Crippen LogP contribution in [0.2, 0.25) is 0 Å². The van der Waals surface area contributed by atoms with Crippen LogP contribution >= 0.6 is 0 Å². The molecule has 84 valence electrons. The summed E-state index contributed by atoms with van der Waals surface area (Å²) >= 11 is 0. The topological polar surface area (TPSA) is 114 Å². The maximum absolute atomic E-state index is 11.4. The number of aldehydes is 1. The first-order valence-electron chi connectivity index (χ1n) is 4.30. The van der Waals surface area contributed by atoms with Crippen molar-refractivity contribution in [3.8, 4) is 0 Å². The number of rotatable bonds is 1. The lowest BCUT2D eigenvalue weighted by molar-refractivity contribution is -0.297. The summed E-state index contributed by atoms with van der Waals surface area (Å²) in [5, 5.41) is 34.0. The maximum atomic E-state index is 11.4. The normalized spacial score (nSPS) is 51.3. The van der Waals surface area contributed by atoms with E-state index in [0.29, 0.717) is 6.29 Å². The van der Waals surface area contributed by atoms with Crippen LogP contribution in [0.15, 0.2) is 0 Å². The average Bonchev–Trinajstić information content (AvgIpc) is 2.84. The lowest BCUT2D eigenvalue weighted by Gasteiger charge is -2.45. The molecule has 0 N–H and O–H groups in total. The second kappa shape index (κ2) is 2.72. The highest BCUT2D eigenvalue weighted by atomic mass is 17.1. The molecule has 4 atom stereocenters. The van der Waals surface area contributed by atoms with Crippen LogP contribution in [0.5, 0.6) is 0 Å². The van der Waals surface area contributed by atoms with Gasteiger partial charge in [-0.25, -0.2) is 15.4 Å². The van der Waals surface area contributed by atoms with Gasteiger partial charge in [0.25, 0.3) is 0 Å². The number of hydroxylamine groups is 6. The third kappa shape index (κ3) is 0.874. The molecule has 1 saturated carbocycles. The Kier molecular flexibility index (Phi) is 1.74. The fraction of sp³-hybridized carbons (Fsp3) is 0.833. The van der Waals surface area contributed by atoms with Gasteiger partial charge in [0.1, 0.15) is 6.29 Å². The lowest BCUT2D eigenvalue weighted by atomic mass is 9.98. The Morgan fingerprint density at radius 1 is 1.27 bits per heavy atom. The van der Waals surface area contributed by atoms with Crippen molar-refractivity contribution in [3.63, 3.8) is 0 Å². The number of carbonyl (C=O) groups is 1. The molecule has 9 heteroatoms. The van der Waals surface area contributed by atoms with Crippen LogP contribution in [-0.2, 0) is 14.6 Å². The van der Waals surface area contributed by atoms with Crippen LogP contribution < -0.4 is 0 Å². The fourth-order valence-corrected chi connectivity index (χ4v) is 2.43. The van der Waals surface area contributed by atoms with Gasteiger partial charge < -0.3 is 25.3 Å². The number of hydrogen-bond acceptors (Lipinski definition) is 9. The minimum absolute atomic E-state index is 0.0435. The van der Waals surface area contributed by atoms with Gasteiger partial charge in [0.15, 0.2) is 0 Å². The average molecular weight is 216 g/mol. The molecule has 0 radical (unpaired) electrons. The summed E-state index contributed by atoms with van der Waals surface area (Å²) in [4.78, 5) is 19.6. The van der Waals surface area contributed by atoms with E-state index in [4.69, 9.17) is 0 Å². The van der Waals surface area contributed by atoms with E-state index in [-0.39, 0.29) is 22.3 Å². The molecule has 0 aromatic carbocycles. The SMILES string of the molecule is O=CC1CON([O-])C2C3N([O-])ON([O-])C123. The Hall–Kier alpha value is -0.650. The van der Waals surface area contributed by atoms with E-state index in [1.807, 2.05) is 0 Å². The summed E-state index contributed by atoms with van der Waals surface area (Å²) in [6, 6.07) is -1.91. The van der Waals surface area contributed by atoms with E-state index in [1.54, 1.807) is 0 Å². The molecule has 0 bridgehead atoms. The van der Waals surface area contributed by atoms with Crippen LogP contribution in [0.3, 0.4) is 0 Å².